The fourth-order valence-corrected chi connectivity index (χ4v) is 3.76. The zero-order valence-electron chi connectivity index (χ0n) is 13.5. The molecule has 22 heavy (non-hydrogen) atoms. The highest BCUT2D eigenvalue weighted by molar-refractivity contribution is 7.11. The van der Waals surface area contributed by atoms with Crippen LogP contribution in [-0.4, -0.2) is 24.0 Å². The maximum Gasteiger partial charge on any atom is 0.191 e. The number of hydrogen-bond donors (Lipinski definition) is 2. The summed E-state index contributed by atoms with van der Waals surface area (Å²) < 4.78 is 0. The molecule has 2 N–H and O–H groups in total. The minimum atomic E-state index is 0.726. The average Bonchev–Trinajstić information content (AvgIpc) is 3.14. The van der Waals surface area contributed by atoms with Crippen LogP contribution in [-0.2, 0) is 19.4 Å². The van der Waals surface area contributed by atoms with E-state index < -0.39 is 0 Å². The fourth-order valence-electron chi connectivity index (χ4n) is 2.11. The first-order valence-electron chi connectivity index (χ1n) is 7.72. The summed E-state index contributed by atoms with van der Waals surface area (Å²) in [5.41, 5.74) is 1.23. The Morgan fingerprint density at radius 2 is 2.18 bits per heavy atom. The fraction of sp³-hybridized carbons (Fsp3) is 0.500. The molecule has 2 aromatic heterocycles. The van der Waals surface area contributed by atoms with Crippen LogP contribution in [0, 0.1) is 6.92 Å². The van der Waals surface area contributed by atoms with Gasteiger partial charge in [-0.25, -0.2) is 9.98 Å². The van der Waals surface area contributed by atoms with Crippen molar-refractivity contribution in [2.24, 2.45) is 4.99 Å². The van der Waals surface area contributed by atoms with Gasteiger partial charge in [-0.05, 0) is 31.7 Å². The van der Waals surface area contributed by atoms with E-state index in [-0.39, 0.29) is 0 Å². The Morgan fingerprint density at radius 1 is 1.32 bits per heavy atom. The summed E-state index contributed by atoms with van der Waals surface area (Å²) in [7, 11) is 0. The van der Waals surface area contributed by atoms with Gasteiger partial charge >= 0.3 is 0 Å². The van der Waals surface area contributed by atoms with E-state index in [1.54, 1.807) is 22.7 Å². The summed E-state index contributed by atoms with van der Waals surface area (Å²) in [6, 6.07) is 4.17. The Hall–Kier alpha value is -1.40. The number of aryl methyl sites for hydroxylation is 2. The van der Waals surface area contributed by atoms with E-state index in [1.807, 2.05) is 0 Å². The molecule has 0 radical (unpaired) electrons. The van der Waals surface area contributed by atoms with Gasteiger partial charge in [0.15, 0.2) is 5.96 Å². The van der Waals surface area contributed by atoms with E-state index in [2.05, 4.69) is 58.9 Å². The second-order valence-corrected chi connectivity index (χ2v) is 7.24. The Kier molecular flexibility index (Phi) is 6.86. The van der Waals surface area contributed by atoms with E-state index in [0.717, 1.165) is 38.4 Å². The summed E-state index contributed by atoms with van der Waals surface area (Å²) in [5.74, 6) is 0.875. The maximum atomic E-state index is 4.68. The smallest absolute Gasteiger partial charge is 0.191 e. The van der Waals surface area contributed by atoms with E-state index in [1.165, 1.54) is 20.5 Å². The van der Waals surface area contributed by atoms with Crippen molar-refractivity contribution in [3.05, 3.63) is 38.0 Å². The molecule has 0 aliphatic heterocycles. The van der Waals surface area contributed by atoms with Crippen molar-refractivity contribution >= 4 is 28.6 Å². The van der Waals surface area contributed by atoms with Crippen molar-refractivity contribution < 1.29 is 0 Å². The number of rotatable bonds is 7. The SMILES string of the molecule is CCNC(=NCc1cccs1)NCCc1nc(CC)c(C)s1. The number of nitrogens with zero attached hydrogens (tertiary/aromatic N) is 2. The van der Waals surface area contributed by atoms with Crippen LogP contribution in [0.5, 0.6) is 0 Å². The molecule has 0 spiro atoms. The number of nitrogens with one attached hydrogen (secondary N) is 2. The van der Waals surface area contributed by atoms with Crippen molar-refractivity contribution in [3.8, 4) is 0 Å². The van der Waals surface area contributed by atoms with Gasteiger partial charge in [-0.3, -0.25) is 0 Å². The van der Waals surface area contributed by atoms with Gasteiger partial charge in [0.1, 0.15) is 0 Å². The first kappa shape index (κ1) is 17.0. The topological polar surface area (TPSA) is 49.3 Å². The van der Waals surface area contributed by atoms with E-state index in [4.69, 9.17) is 0 Å². The molecule has 0 unspecified atom stereocenters. The Labute approximate surface area is 140 Å². The molecule has 0 saturated carbocycles. The lowest BCUT2D eigenvalue weighted by molar-refractivity contribution is 0.795. The van der Waals surface area contributed by atoms with E-state index >= 15 is 0 Å². The molecular formula is C16H24N4S2. The van der Waals surface area contributed by atoms with Crippen LogP contribution in [0.15, 0.2) is 22.5 Å². The lowest BCUT2D eigenvalue weighted by Crippen LogP contribution is -2.38. The molecule has 2 heterocycles. The third-order valence-electron chi connectivity index (χ3n) is 3.22. The molecule has 0 aliphatic rings. The molecule has 0 amide bonds. The first-order chi connectivity index (χ1) is 10.7. The van der Waals surface area contributed by atoms with Crippen LogP contribution in [0.25, 0.3) is 0 Å². The van der Waals surface area contributed by atoms with Gasteiger partial charge in [-0.1, -0.05) is 13.0 Å². The van der Waals surface area contributed by atoms with E-state index in [9.17, 15) is 0 Å². The molecule has 0 bridgehead atoms. The second-order valence-electron chi connectivity index (χ2n) is 4.92. The third kappa shape index (κ3) is 5.10. The minimum absolute atomic E-state index is 0.726. The Morgan fingerprint density at radius 3 is 2.82 bits per heavy atom. The van der Waals surface area contributed by atoms with E-state index in [0.29, 0.717) is 0 Å². The molecule has 2 aromatic rings. The number of aromatic nitrogens is 1. The van der Waals surface area contributed by atoms with Gasteiger partial charge in [-0.2, -0.15) is 0 Å². The van der Waals surface area contributed by atoms with Gasteiger partial charge in [0.2, 0.25) is 0 Å². The molecular weight excluding hydrogens is 312 g/mol. The Bertz CT molecular complexity index is 587. The van der Waals surface area contributed by atoms with Crippen molar-refractivity contribution in [1.29, 1.82) is 0 Å². The highest BCUT2D eigenvalue weighted by Crippen LogP contribution is 2.17. The summed E-state index contributed by atoms with van der Waals surface area (Å²) in [6.45, 7) is 8.84. The van der Waals surface area contributed by atoms with Gasteiger partial charge in [0.25, 0.3) is 0 Å². The lowest BCUT2D eigenvalue weighted by atomic mass is 10.3. The monoisotopic (exact) mass is 336 g/mol. The first-order valence-corrected chi connectivity index (χ1v) is 9.42. The molecule has 0 saturated heterocycles. The summed E-state index contributed by atoms with van der Waals surface area (Å²) >= 11 is 3.55. The molecule has 0 atom stereocenters. The maximum absolute atomic E-state index is 4.68. The van der Waals surface area contributed by atoms with Gasteiger partial charge < -0.3 is 10.6 Å². The molecule has 4 nitrogen and oxygen atoms in total. The number of hydrogen-bond acceptors (Lipinski definition) is 4. The van der Waals surface area contributed by atoms with Gasteiger partial charge in [0.05, 0.1) is 17.2 Å². The van der Waals surface area contributed by atoms with Crippen LogP contribution in [0.3, 0.4) is 0 Å². The quantitative estimate of drug-likeness (QED) is 0.602. The predicted molar refractivity (Wildman–Crippen MR) is 97.1 cm³/mol. The zero-order chi connectivity index (χ0) is 15.8. The lowest BCUT2D eigenvalue weighted by Gasteiger charge is -2.10. The highest BCUT2D eigenvalue weighted by atomic mass is 32.1. The molecule has 6 heteroatoms. The molecule has 0 aliphatic carbocycles. The van der Waals surface area contributed by atoms with Crippen LogP contribution in [0.1, 0.15) is 34.3 Å². The van der Waals surface area contributed by atoms with Gasteiger partial charge in [0, 0.05) is 29.3 Å². The molecule has 120 valence electrons. The Balaban J connectivity index is 1.84. The predicted octanol–water partition coefficient (Wildman–Crippen LogP) is 3.37. The van der Waals surface area contributed by atoms with Crippen LogP contribution >= 0.6 is 22.7 Å². The van der Waals surface area contributed by atoms with Crippen molar-refractivity contribution in [2.75, 3.05) is 13.1 Å². The zero-order valence-corrected chi connectivity index (χ0v) is 15.1. The minimum Gasteiger partial charge on any atom is -0.357 e. The van der Waals surface area contributed by atoms with Crippen molar-refractivity contribution in [2.45, 2.75) is 40.2 Å². The van der Waals surface area contributed by atoms with Crippen molar-refractivity contribution in [3.63, 3.8) is 0 Å². The van der Waals surface area contributed by atoms with Crippen LogP contribution in [0.4, 0.5) is 0 Å². The molecule has 2 rings (SSSR count). The second kappa shape index (κ2) is 8.90. The number of thiophene rings is 1. The standard InChI is InChI=1S/C16H24N4S2/c1-4-14-12(3)22-15(20-14)8-9-18-16(17-5-2)19-11-13-7-6-10-21-13/h6-7,10H,4-5,8-9,11H2,1-3H3,(H2,17,18,19). The summed E-state index contributed by atoms with van der Waals surface area (Å²) in [5, 5.41) is 9.96. The van der Waals surface area contributed by atoms with Crippen LogP contribution < -0.4 is 10.6 Å². The average molecular weight is 337 g/mol. The third-order valence-corrected chi connectivity index (χ3v) is 5.15. The summed E-state index contributed by atoms with van der Waals surface area (Å²) in [6.07, 6.45) is 1.95. The highest BCUT2D eigenvalue weighted by Gasteiger charge is 2.06. The number of thiazole rings is 1. The van der Waals surface area contributed by atoms with Gasteiger partial charge in [-0.15, -0.1) is 22.7 Å². The summed E-state index contributed by atoms with van der Waals surface area (Å²) in [4.78, 5) is 11.9. The molecule has 0 fully saturated rings. The largest absolute Gasteiger partial charge is 0.357 e. The van der Waals surface area contributed by atoms with Crippen molar-refractivity contribution in [1.82, 2.24) is 15.6 Å². The normalized spacial score (nSPS) is 11.7. The number of aliphatic imine (C=N–C) groups is 1. The van der Waals surface area contributed by atoms with Crippen LogP contribution in [0.2, 0.25) is 0 Å². The number of guanidine groups is 1. The molecule has 0 aromatic carbocycles.